The lowest BCUT2D eigenvalue weighted by atomic mass is 9.99. The molecule has 0 aromatic heterocycles. The molecule has 0 unspecified atom stereocenters. The monoisotopic (exact) mass is 506 g/mol. The lowest BCUT2D eigenvalue weighted by Crippen LogP contribution is -2.30. The van der Waals surface area contributed by atoms with Crippen LogP contribution in [-0.4, -0.2) is 57.5 Å². The molecule has 1 saturated heterocycles. The highest BCUT2D eigenvalue weighted by Crippen LogP contribution is 2.31. The average molecular weight is 507 g/mol. The van der Waals surface area contributed by atoms with E-state index in [1.54, 1.807) is 7.11 Å². The van der Waals surface area contributed by atoms with Crippen LogP contribution in [0.25, 0.3) is 0 Å². The molecule has 0 amide bonds. The van der Waals surface area contributed by atoms with Gasteiger partial charge in [-0.25, -0.2) is 0 Å². The summed E-state index contributed by atoms with van der Waals surface area (Å²) in [4.78, 5) is 11.9. The van der Waals surface area contributed by atoms with E-state index >= 15 is 0 Å². The molecule has 2 rings (SSSR count). The van der Waals surface area contributed by atoms with Crippen molar-refractivity contribution in [2.75, 3.05) is 33.5 Å². The molecule has 0 spiro atoms. The molecular formula is C29H46O7. The smallest absolute Gasteiger partial charge is 0.302 e. The van der Waals surface area contributed by atoms with Gasteiger partial charge in [0.15, 0.2) is 5.79 Å². The Morgan fingerprint density at radius 1 is 1.14 bits per heavy atom. The van der Waals surface area contributed by atoms with Gasteiger partial charge in [0.2, 0.25) is 0 Å². The molecule has 0 N–H and O–H groups in total. The van der Waals surface area contributed by atoms with Crippen molar-refractivity contribution in [2.45, 2.75) is 90.8 Å². The minimum absolute atomic E-state index is 0.0200. The van der Waals surface area contributed by atoms with E-state index < -0.39 is 5.79 Å². The number of benzene rings is 1. The molecule has 1 aliphatic rings. The van der Waals surface area contributed by atoms with Crippen LogP contribution in [0, 0.1) is 5.92 Å². The summed E-state index contributed by atoms with van der Waals surface area (Å²) in [6.45, 7) is 10.5. The Hall–Kier alpha value is -1.93. The number of methoxy groups -OCH3 is 1. The normalized spacial score (nSPS) is 18.9. The van der Waals surface area contributed by atoms with Crippen LogP contribution in [0.3, 0.4) is 0 Å². The molecular weight excluding hydrogens is 460 g/mol. The molecule has 7 heteroatoms. The number of unbranched alkanes of at least 4 members (excludes halogenated alkanes) is 1. The molecule has 1 heterocycles. The van der Waals surface area contributed by atoms with Crippen LogP contribution in [0.1, 0.15) is 71.8 Å². The fraction of sp³-hybridized carbons (Fsp3) is 0.690. The Labute approximate surface area is 217 Å². The zero-order chi connectivity index (χ0) is 26.2. The van der Waals surface area contributed by atoms with Crippen molar-refractivity contribution in [3.8, 4) is 5.75 Å². The molecule has 1 aliphatic heterocycles. The van der Waals surface area contributed by atoms with Crippen LogP contribution in [0.2, 0.25) is 0 Å². The molecule has 1 aromatic carbocycles. The van der Waals surface area contributed by atoms with Crippen LogP contribution in [0.15, 0.2) is 36.4 Å². The molecule has 1 fully saturated rings. The molecule has 0 radical (unpaired) electrons. The van der Waals surface area contributed by atoms with Gasteiger partial charge in [-0.2, -0.15) is 0 Å². The van der Waals surface area contributed by atoms with E-state index in [1.807, 2.05) is 24.3 Å². The highest BCUT2D eigenvalue weighted by Gasteiger charge is 2.37. The number of hydrogen-bond acceptors (Lipinski definition) is 7. The van der Waals surface area contributed by atoms with Crippen LogP contribution in [-0.2, 0) is 35.1 Å². The average Bonchev–Trinajstić information content (AvgIpc) is 3.31. The highest BCUT2D eigenvalue weighted by atomic mass is 16.7. The number of esters is 1. The van der Waals surface area contributed by atoms with Crippen molar-refractivity contribution in [2.24, 2.45) is 5.92 Å². The fourth-order valence-electron chi connectivity index (χ4n) is 4.20. The number of rotatable bonds is 18. The zero-order valence-electron chi connectivity index (χ0n) is 22.8. The van der Waals surface area contributed by atoms with Crippen molar-refractivity contribution in [3.05, 3.63) is 42.0 Å². The quantitative estimate of drug-likeness (QED) is 0.141. The first kappa shape index (κ1) is 30.3. The standard InChI is InChI=1S/C29H46O7/c1-6-9-18-32-19-17-28(35-23(4)30)25(21-33-20-24-13-15-26(31-5)16-14-24)11-10-12-27-22-34-29(7-2,8-3)36-27/h10-11,13-16,25,27-28H,6-9,12,17-22H2,1-5H3/b11-10-/t25-,27-,28-/m0/s1. The third kappa shape index (κ3) is 10.6. The summed E-state index contributed by atoms with van der Waals surface area (Å²) in [6.07, 6.45) is 9.00. The summed E-state index contributed by atoms with van der Waals surface area (Å²) >= 11 is 0. The fourth-order valence-corrected chi connectivity index (χ4v) is 4.20. The predicted molar refractivity (Wildman–Crippen MR) is 140 cm³/mol. The minimum Gasteiger partial charge on any atom is -0.497 e. The second-order valence-corrected chi connectivity index (χ2v) is 9.26. The van der Waals surface area contributed by atoms with E-state index in [1.165, 1.54) is 6.92 Å². The largest absolute Gasteiger partial charge is 0.497 e. The SMILES string of the molecule is CCCCOCC[C@H](OC(C)=O)[C@@H](/C=C\C[C@H]1COC(CC)(CC)O1)COCc1ccc(OC)cc1. The second-order valence-electron chi connectivity index (χ2n) is 9.26. The van der Waals surface area contributed by atoms with Gasteiger partial charge in [-0.1, -0.05) is 51.5 Å². The van der Waals surface area contributed by atoms with Crippen LogP contribution >= 0.6 is 0 Å². The molecule has 7 nitrogen and oxygen atoms in total. The van der Waals surface area contributed by atoms with Crippen molar-refractivity contribution < 1.29 is 33.2 Å². The molecule has 0 bridgehead atoms. The third-order valence-electron chi connectivity index (χ3n) is 6.50. The number of hydrogen-bond donors (Lipinski definition) is 0. The van der Waals surface area contributed by atoms with E-state index in [2.05, 4.69) is 32.9 Å². The molecule has 36 heavy (non-hydrogen) atoms. The lowest BCUT2D eigenvalue weighted by molar-refractivity contribution is -0.171. The van der Waals surface area contributed by atoms with Crippen molar-refractivity contribution >= 4 is 5.97 Å². The lowest BCUT2D eigenvalue weighted by Gasteiger charge is -2.25. The molecule has 204 valence electrons. The zero-order valence-corrected chi connectivity index (χ0v) is 22.8. The van der Waals surface area contributed by atoms with Crippen molar-refractivity contribution in [3.63, 3.8) is 0 Å². The maximum atomic E-state index is 11.9. The van der Waals surface area contributed by atoms with Gasteiger partial charge in [0.1, 0.15) is 11.9 Å². The van der Waals surface area contributed by atoms with E-state index in [4.69, 9.17) is 28.4 Å². The summed E-state index contributed by atoms with van der Waals surface area (Å²) in [5.74, 6) is -0.0577. The first-order chi connectivity index (χ1) is 17.4. The van der Waals surface area contributed by atoms with Gasteiger partial charge in [0.25, 0.3) is 0 Å². The summed E-state index contributed by atoms with van der Waals surface area (Å²) < 4.78 is 34.9. The Morgan fingerprint density at radius 3 is 2.50 bits per heavy atom. The number of ether oxygens (including phenoxy) is 6. The van der Waals surface area contributed by atoms with Crippen LogP contribution in [0.4, 0.5) is 0 Å². The van der Waals surface area contributed by atoms with Gasteiger partial charge in [-0.05, 0) is 43.4 Å². The predicted octanol–water partition coefficient (Wildman–Crippen LogP) is 5.84. The summed E-state index contributed by atoms with van der Waals surface area (Å²) in [5, 5.41) is 0. The third-order valence-corrected chi connectivity index (χ3v) is 6.50. The topological polar surface area (TPSA) is 72.5 Å². The maximum Gasteiger partial charge on any atom is 0.302 e. The van der Waals surface area contributed by atoms with Gasteiger partial charge >= 0.3 is 5.97 Å². The highest BCUT2D eigenvalue weighted by molar-refractivity contribution is 5.66. The molecule has 3 atom stereocenters. The first-order valence-corrected chi connectivity index (χ1v) is 13.4. The summed E-state index contributed by atoms with van der Waals surface area (Å²) in [6, 6.07) is 7.81. The van der Waals surface area contributed by atoms with Crippen molar-refractivity contribution in [1.29, 1.82) is 0 Å². The van der Waals surface area contributed by atoms with E-state index in [-0.39, 0.29) is 24.1 Å². The first-order valence-electron chi connectivity index (χ1n) is 13.4. The molecule has 0 aliphatic carbocycles. The molecule has 1 aromatic rings. The maximum absolute atomic E-state index is 11.9. The van der Waals surface area contributed by atoms with E-state index in [0.717, 1.165) is 43.4 Å². The Kier molecular flexibility index (Phi) is 14.1. The van der Waals surface area contributed by atoms with Gasteiger partial charge < -0.3 is 28.4 Å². The Bertz CT molecular complexity index is 757. The van der Waals surface area contributed by atoms with Crippen LogP contribution in [0.5, 0.6) is 5.75 Å². The molecule has 0 saturated carbocycles. The Morgan fingerprint density at radius 2 is 1.89 bits per heavy atom. The van der Waals surface area contributed by atoms with E-state index in [0.29, 0.717) is 39.5 Å². The van der Waals surface area contributed by atoms with Gasteiger partial charge in [0, 0.05) is 25.9 Å². The number of carbonyl (C=O) groups is 1. The number of carbonyl (C=O) groups excluding carboxylic acids is 1. The van der Waals surface area contributed by atoms with Crippen LogP contribution < -0.4 is 4.74 Å². The second kappa shape index (κ2) is 16.7. The minimum atomic E-state index is -0.463. The van der Waals surface area contributed by atoms with Gasteiger partial charge in [-0.3, -0.25) is 4.79 Å². The summed E-state index contributed by atoms with van der Waals surface area (Å²) in [5.41, 5.74) is 1.05. The Balaban J connectivity index is 2.01. The summed E-state index contributed by atoms with van der Waals surface area (Å²) in [7, 11) is 1.65. The van der Waals surface area contributed by atoms with E-state index in [9.17, 15) is 4.79 Å². The van der Waals surface area contributed by atoms with Gasteiger partial charge in [0.05, 0.1) is 39.6 Å². The van der Waals surface area contributed by atoms with Gasteiger partial charge in [-0.15, -0.1) is 0 Å². The van der Waals surface area contributed by atoms with Crippen molar-refractivity contribution in [1.82, 2.24) is 0 Å².